The molecule has 2 aromatic rings. The summed E-state index contributed by atoms with van der Waals surface area (Å²) in [7, 11) is 0. The summed E-state index contributed by atoms with van der Waals surface area (Å²) >= 11 is 6.48. The predicted molar refractivity (Wildman–Crippen MR) is 115 cm³/mol. The number of halogens is 1. The van der Waals surface area contributed by atoms with E-state index in [0.717, 1.165) is 48.1 Å². The number of rotatable bonds is 8. The van der Waals surface area contributed by atoms with Crippen LogP contribution in [0.15, 0.2) is 42.5 Å². The van der Waals surface area contributed by atoms with Crippen molar-refractivity contribution in [1.82, 2.24) is 0 Å². The number of esters is 1. The molecule has 3 rings (SSSR count). The number of carbonyl (C=O) groups is 1. The minimum atomic E-state index is -0.150. The first kappa shape index (κ1) is 21.7. The first-order valence-corrected chi connectivity index (χ1v) is 10.8. The first-order valence-electron chi connectivity index (χ1n) is 10.4. The van der Waals surface area contributed by atoms with E-state index in [1.807, 2.05) is 50.2 Å². The average Bonchev–Trinajstić information content (AvgIpc) is 2.74. The minimum Gasteiger partial charge on any atom is -0.494 e. The Morgan fingerprint density at radius 1 is 1.14 bits per heavy atom. The molecule has 1 saturated heterocycles. The second kappa shape index (κ2) is 10.7. The zero-order valence-electron chi connectivity index (χ0n) is 17.2. The highest BCUT2D eigenvalue weighted by molar-refractivity contribution is 6.33. The van der Waals surface area contributed by atoms with Gasteiger partial charge in [-0.3, -0.25) is 4.79 Å². The second-order valence-electron chi connectivity index (χ2n) is 7.31. The van der Waals surface area contributed by atoms with Crippen molar-refractivity contribution >= 4 is 17.6 Å². The van der Waals surface area contributed by atoms with Crippen molar-refractivity contribution in [2.75, 3.05) is 13.2 Å². The quantitative estimate of drug-likeness (QED) is 0.469. The van der Waals surface area contributed by atoms with Crippen molar-refractivity contribution in [3.05, 3.63) is 53.1 Å². The Bertz CT molecular complexity index is 803. The van der Waals surface area contributed by atoms with Gasteiger partial charge in [-0.1, -0.05) is 36.7 Å². The van der Waals surface area contributed by atoms with Gasteiger partial charge >= 0.3 is 5.97 Å². The summed E-state index contributed by atoms with van der Waals surface area (Å²) in [5.74, 6) is 0.696. The maximum absolute atomic E-state index is 11.6. The van der Waals surface area contributed by atoms with Gasteiger partial charge in [-0.05, 0) is 68.0 Å². The van der Waals surface area contributed by atoms with Crippen LogP contribution < -0.4 is 4.74 Å². The SMILES string of the molecule is CCCC(=O)OC[C@H]1CCC[C@H](c2ccc(Cl)c(-c3ccc(OCC)cc3)c2)O1. The van der Waals surface area contributed by atoms with Crippen molar-refractivity contribution in [1.29, 1.82) is 0 Å². The average molecular weight is 417 g/mol. The van der Waals surface area contributed by atoms with Crippen molar-refractivity contribution < 1.29 is 19.0 Å². The fourth-order valence-electron chi connectivity index (χ4n) is 3.59. The van der Waals surface area contributed by atoms with Crippen molar-refractivity contribution in [2.45, 2.75) is 58.2 Å². The molecule has 0 radical (unpaired) electrons. The van der Waals surface area contributed by atoms with E-state index < -0.39 is 0 Å². The zero-order valence-corrected chi connectivity index (χ0v) is 17.9. The summed E-state index contributed by atoms with van der Waals surface area (Å²) in [5, 5.41) is 0.707. The largest absolute Gasteiger partial charge is 0.494 e. The summed E-state index contributed by atoms with van der Waals surface area (Å²) in [6.07, 6.45) is 4.09. The molecule has 29 heavy (non-hydrogen) atoms. The van der Waals surface area contributed by atoms with Crippen LogP contribution in [0, 0.1) is 0 Å². The van der Waals surface area contributed by atoms with Gasteiger partial charge in [0.2, 0.25) is 0 Å². The van der Waals surface area contributed by atoms with E-state index in [0.29, 0.717) is 24.7 Å². The molecule has 0 N–H and O–H groups in total. The summed E-state index contributed by atoms with van der Waals surface area (Å²) in [5.41, 5.74) is 3.12. The summed E-state index contributed by atoms with van der Waals surface area (Å²) < 4.78 is 17.1. The van der Waals surface area contributed by atoms with Crippen molar-refractivity contribution in [3.8, 4) is 16.9 Å². The number of hydrogen-bond donors (Lipinski definition) is 0. The van der Waals surface area contributed by atoms with Gasteiger partial charge in [0.15, 0.2) is 0 Å². The van der Waals surface area contributed by atoms with Gasteiger partial charge in [0.05, 0.1) is 18.8 Å². The topological polar surface area (TPSA) is 44.8 Å². The molecule has 0 bridgehead atoms. The molecular formula is C24H29ClO4. The van der Waals surface area contributed by atoms with E-state index in [9.17, 15) is 4.79 Å². The molecule has 2 atom stereocenters. The first-order chi connectivity index (χ1) is 14.1. The van der Waals surface area contributed by atoms with Crippen LogP contribution in [0.2, 0.25) is 5.02 Å². The summed E-state index contributed by atoms with van der Waals surface area (Å²) in [6, 6.07) is 14.0. The zero-order chi connectivity index (χ0) is 20.6. The number of ether oxygens (including phenoxy) is 3. The number of benzene rings is 2. The third-order valence-corrected chi connectivity index (χ3v) is 5.40. The lowest BCUT2D eigenvalue weighted by molar-refractivity contribution is -0.152. The van der Waals surface area contributed by atoms with E-state index in [2.05, 4.69) is 6.07 Å². The fourth-order valence-corrected chi connectivity index (χ4v) is 3.82. The smallest absolute Gasteiger partial charge is 0.305 e. The molecule has 156 valence electrons. The van der Waals surface area contributed by atoms with Crippen LogP contribution in [0.5, 0.6) is 5.75 Å². The normalized spacial score (nSPS) is 19.0. The Morgan fingerprint density at radius 3 is 2.66 bits per heavy atom. The molecule has 0 aliphatic carbocycles. The molecule has 1 aliphatic rings. The molecule has 5 heteroatoms. The third kappa shape index (κ3) is 5.97. The highest BCUT2D eigenvalue weighted by Crippen LogP contribution is 2.36. The summed E-state index contributed by atoms with van der Waals surface area (Å²) in [4.78, 5) is 11.6. The molecule has 2 aromatic carbocycles. The van der Waals surface area contributed by atoms with Crippen LogP contribution in [0.4, 0.5) is 0 Å². The van der Waals surface area contributed by atoms with Crippen LogP contribution in [0.3, 0.4) is 0 Å². The van der Waals surface area contributed by atoms with E-state index in [4.69, 9.17) is 25.8 Å². The van der Waals surface area contributed by atoms with Gasteiger partial charge in [0, 0.05) is 17.0 Å². The molecule has 0 amide bonds. The van der Waals surface area contributed by atoms with Gasteiger partial charge in [-0.2, -0.15) is 0 Å². The van der Waals surface area contributed by atoms with E-state index in [1.54, 1.807) is 0 Å². The summed E-state index contributed by atoms with van der Waals surface area (Å²) in [6.45, 7) is 4.91. The fraction of sp³-hybridized carbons (Fsp3) is 0.458. The van der Waals surface area contributed by atoms with Crippen LogP contribution in [0.25, 0.3) is 11.1 Å². The molecule has 0 unspecified atom stereocenters. The van der Waals surface area contributed by atoms with E-state index >= 15 is 0 Å². The van der Waals surface area contributed by atoms with Gasteiger partial charge in [0.25, 0.3) is 0 Å². The molecule has 1 fully saturated rings. The Labute approximate surface area is 178 Å². The molecule has 1 aliphatic heterocycles. The van der Waals surface area contributed by atoms with E-state index in [1.165, 1.54) is 0 Å². The molecule has 1 heterocycles. The second-order valence-corrected chi connectivity index (χ2v) is 7.71. The third-order valence-electron chi connectivity index (χ3n) is 5.07. The number of hydrogen-bond acceptors (Lipinski definition) is 4. The highest BCUT2D eigenvalue weighted by atomic mass is 35.5. The minimum absolute atomic E-state index is 0.0164. The lowest BCUT2D eigenvalue weighted by Gasteiger charge is -2.30. The Morgan fingerprint density at radius 2 is 1.93 bits per heavy atom. The van der Waals surface area contributed by atoms with Crippen molar-refractivity contribution in [3.63, 3.8) is 0 Å². The van der Waals surface area contributed by atoms with Gasteiger partial charge in [0.1, 0.15) is 12.4 Å². The van der Waals surface area contributed by atoms with Crippen LogP contribution in [-0.4, -0.2) is 25.3 Å². The lowest BCUT2D eigenvalue weighted by Crippen LogP contribution is -2.28. The maximum atomic E-state index is 11.6. The molecular weight excluding hydrogens is 388 g/mol. The highest BCUT2D eigenvalue weighted by Gasteiger charge is 2.25. The molecule has 0 spiro atoms. The number of carbonyl (C=O) groups excluding carboxylic acids is 1. The van der Waals surface area contributed by atoms with Crippen LogP contribution >= 0.6 is 11.6 Å². The van der Waals surface area contributed by atoms with Gasteiger partial charge in [-0.15, -0.1) is 0 Å². The van der Waals surface area contributed by atoms with Gasteiger partial charge < -0.3 is 14.2 Å². The Balaban J connectivity index is 1.70. The molecule has 4 nitrogen and oxygen atoms in total. The van der Waals surface area contributed by atoms with Crippen LogP contribution in [-0.2, 0) is 14.3 Å². The maximum Gasteiger partial charge on any atom is 0.305 e. The molecule has 0 aromatic heterocycles. The van der Waals surface area contributed by atoms with E-state index in [-0.39, 0.29) is 18.2 Å². The van der Waals surface area contributed by atoms with Gasteiger partial charge in [-0.25, -0.2) is 0 Å². The molecule has 0 saturated carbocycles. The standard InChI is InChI=1S/C24H29ClO4/c1-3-6-24(26)28-16-20-7-5-8-23(29-20)18-11-14-22(25)21(15-18)17-9-12-19(13-10-17)27-4-2/h9-15,20,23H,3-8,16H2,1-2H3/t20-,23-/m1/s1. The Kier molecular flexibility index (Phi) is 7.96. The predicted octanol–water partition coefficient (Wildman–Crippen LogP) is 6.36. The van der Waals surface area contributed by atoms with Crippen molar-refractivity contribution in [2.24, 2.45) is 0 Å². The lowest BCUT2D eigenvalue weighted by atomic mass is 9.95. The van der Waals surface area contributed by atoms with Crippen LogP contribution in [0.1, 0.15) is 57.6 Å². The Hall–Kier alpha value is -2.04. The monoisotopic (exact) mass is 416 g/mol.